The summed E-state index contributed by atoms with van der Waals surface area (Å²) >= 11 is 0. The molecule has 1 aromatic heterocycles. The van der Waals surface area contributed by atoms with Gasteiger partial charge in [0.15, 0.2) is 0 Å². The SMILES string of the molecule is CNc1cc(N(C)CCO)nc(C(F)(F)F)n1. The highest BCUT2D eigenvalue weighted by Gasteiger charge is 2.35. The number of hydrogen-bond acceptors (Lipinski definition) is 5. The Bertz CT molecular complexity index is 383. The molecule has 0 atom stereocenters. The van der Waals surface area contributed by atoms with Crippen LogP contribution in [0.5, 0.6) is 0 Å². The molecule has 0 aliphatic rings. The first-order chi connectivity index (χ1) is 7.88. The van der Waals surface area contributed by atoms with Gasteiger partial charge in [0.2, 0.25) is 5.82 Å². The maximum atomic E-state index is 12.5. The number of aliphatic hydroxyl groups excluding tert-OH is 1. The van der Waals surface area contributed by atoms with Crippen LogP contribution >= 0.6 is 0 Å². The third-order valence-corrected chi connectivity index (χ3v) is 2.05. The zero-order chi connectivity index (χ0) is 13.1. The Morgan fingerprint density at radius 1 is 1.41 bits per heavy atom. The van der Waals surface area contributed by atoms with Crippen LogP contribution < -0.4 is 10.2 Å². The van der Waals surface area contributed by atoms with Gasteiger partial charge >= 0.3 is 6.18 Å². The summed E-state index contributed by atoms with van der Waals surface area (Å²) in [5, 5.41) is 11.3. The van der Waals surface area contributed by atoms with E-state index >= 15 is 0 Å². The molecule has 2 N–H and O–H groups in total. The van der Waals surface area contributed by atoms with E-state index in [1.165, 1.54) is 25.1 Å². The van der Waals surface area contributed by atoms with Crippen molar-refractivity contribution in [2.45, 2.75) is 6.18 Å². The molecule has 0 saturated heterocycles. The van der Waals surface area contributed by atoms with Crippen LogP contribution in [0.25, 0.3) is 0 Å². The van der Waals surface area contributed by atoms with Crippen molar-refractivity contribution in [1.29, 1.82) is 0 Å². The maximum absolute atomic E-state index is 12.5. The van der Waals surface area contributed by atoms with Crippen LogP contribution in [-0.2, 0) is 6.18 Å². The minimum atomic E-state index is -4.60. The lowest BCUT2D eigenvalue weighted by atomic mass is 10.4. The van der Waals surface area contributed by atoms with Crippen LogP contribution in [0.3, 0.4) is 0 Å². The molecule has 0 unspecified atom stereocenters. The topological polar surface area (TPSA) is 61.3 Å². The van der Waals surface area contributed by atoms with Crippen molar-refractivity contribution in [2.75, 3.05) is 37.5 Å². The molecule has 0 aromatic carbocycles. The number of alkyl halides is 3. The molecule has 1 heterocycles. The monoisotopic (exact) mass is 250 g/mol. The highest BCUT2D eigenvalue weighted by molar-refractivity contribution is 5.48. The molecule has 0 saturated carbocycles. The number of aromatic nitrogens is 2. The number of likely N-dealkylation sites (N-methyl/N-ethyl adjacent to an activating group) is 1. The first-order valence-electron chi connectivity index (χ1n) is 4.84. The summed E-state index contributed by atoms with van der Waals surface area (Å²) in [6.07, 6.45) is -4.60. The maximum Gasteiger partial charge on any atom is 0.451 e. The molecule has 0 fully saturated rings. The molecule has 0 aliphatic carbocycles. The Kier molecular flexibility index (Phi) is 4.11. The van der Waals surface area contributed by atoms with Crippen LogP contribution in [0, 0.1) is 0 Å². The number of nitrogens with one attached hydrogen (secondary N) is 1. The van der Waals surface area contributed by atoms with E-state index in [9.17, 15) is 13.2 Å². The molecule has 0 radical (unpaired) electrons. The number of aliphatic hydroxyl groups is 1. The molecule has 5 nitrogen and oxygen atoms in total. The molecule has 96 valence electrons. The highest BCUT2D eigenvalue weighted by atomic mass is 19.4. The van der Waals surface area contributed by atoms with Gasteiger partial charge in [-0.1, -0.05) is 0 Å². The van der Waals surface area contributed by atoms with Crippen molar-refractivity contribution in [3.63, 3.8) is 0 Å². The second-order valence-electron chi connectivity index (χ2n) is 3.33. The lowest BCUT2D eigenvalue weighted by Gasteiger charge is -2.18. The smallest absolute Gasteiger partial charge is 0.395 e. The van der Waals surface area contributed by atoms with Gasteiger partial charge in [0.1, 0.15) is 11.6 Å². The molecule has 8 heteroatoms. The first kappa shape index (κ1) is 13.5. The molecular weight excluding hydrogens is 237 g/mol. The summed E-state index contributed by atoms with van der Waals surface area (Å²) in [4.78, 5) is 8.15. The quantitative estimate of drug-likeness (QED) is 0.833. The molecule has 0 amide bonds. The Morgan fingerprint density at radius 3 is 2.53 bits per heavy atom. The van der Waals surface area contributed by atoms with Crippen molar-refractivity contribution in [3.8, 4) is 0 Å². The van der Waals surface area contributed by atoms with Crippen molar-refractivity contribution < 1.29 is 18.3 Å². The van der Waals surface area contributed by atoms with Gasteiger partial charge in [-0.15, -0.1) is 0 Å². The predicted octanol–water partition coefficient (Wildman–Crippen LogP) is 0.966. The minimum absolute atomic E-state index is 0.0760. The van der Waals surface area contributed by atoms with Crippen LogP contribution in [0.15, 0.2) is 6.07 Å². The fraction of sp³-hybridized carbons (Fsp3) is 0.556. The van der Waals surface area contributed by atoms with Gasteiger partial charge in [0.05, 0.1) is 6.61 Å². The van der Waals surface area contributed by atoms with E-state index in [2.05, 4.69) is 15.3 Å². The van der Waals surface area contributed by atoms with E-state index in [0.29, 0.717) is 0 Å². The van der Waals surface area contributed by atoms with E-state index in [1.54, 1.807) is 0 Å². The zero-order valence-corrected chi connectivity index (χ0v) is 9.41. The number of halogens is 3. The summed E-state index contributed by atoms with van der Waals surface area (Å²) in [5.74, 6) is -1.03. The molecule has 1 rings (SSSR count). The van der Waals surface area contributed by atoms with Crippen molar-refractivity contribution in [3.05, 3.63) is 11.9 Å². The number of rotatable bonds is 4. The Balaban J connectivity index is 3.14. The third-order valence-electron chi connectivity index (χ3n) is 2.05. The Labute approximate surface area is 96.3 Å². The lowest BCUT2D eigenvalue weighted by Crippen LogP contribution is -2.24. The van der Waals surface area contributed by atoms with Gasteiger partial charge in [-0.2, -0.15) is 13.2 Å². The summed E-state index contributed by atoms with van der Waals surface area (Å²) in [6.45, 7) is 0.0220. The van der Waals surface area contributed by atoms with Gasteiger partial charge in [-0.3, -0.25) is 0 Å². The average molecular weight is 250 g/mol. The van der Waals surface area contributed by atoms with E-state index in [4.69, 9.17) is 5.11 Å². The highest BCUT2D eigenvalue weighted by Crippen LogP contribution is 2.28. The molecule has 0 bridgehead atoms. The van der Waals surface area contributed by atoms with Crippen LogP contribution in [0.4, 0.5) is 24.8 Å². The number of anilines is 2. The zero-order valence-electron chi connectivity index (χ0n) is 9.41. The van der Waals surface area contributed by atoms with Gasteiger partial charge < -0.3 is 15.3 Å². The molecule has 17 heavy (non-hydrogen) atoms. The van der Waals surface area contributed by atoms with Gasteiger partial charge in [-0.25, -0.2) is 9.97 Å². The third kappa shape index (κ3) is 3.45. The molecule has 0 aliphatic heterocycles. The number of hydrogen-bond donors (Lipinski definition) is 2. The minimum Gasteiger partial charge on any atom is -0.395 e. The van der Waals surface area contributed by atoms with E-state index < -0.39 is 12.0 Å². The van der Waals surface area contributed by atoms with Crippen molar-refractivity contribution in [2.24, 2.45) is 0 Å². The largest absolute Gasteiger partial charge is 0.451 e. The molecule has 1 aromatic rings. The van der Waals surface area contributed by atoms with Gasteiger partial charge in [-0.05, 0) is 0 Å². The summed E-state index contributed by atoms with van der Waals surface area (Å²) in [6, 6.07) is 1.38. The fourth-order valence-corrected chi connectivity index (χ4v) is 1.15. The van der Waals surface area contributed by atoms with Gasteiger partial charge in [0, 0.05) is 26.7 Å². The van der Waals surface area contributed by atoms with Gasteiger partial charge in [0.25, 0.3) is 0 Å². The summed E-state index contributed by atoms with van der Waals surface area (Å²) in [5.41, 5.74) is 0. The molecule has 0 spiro atoms. The Morgan fingerprint density at radius 2 is 2.06 bits per heavy atom. The van der Waals surface area contributed by atoms with Crippen LogP contribution in [0.2, 0.25) is 0 Å². The normalized spacial score (nSPS) is 11.4. The van der Waals surface area contributed by atoms with Crippen LogP contribution in [0.1, 0.15) is 5.82 Å². The van der Waals surface area contributed by atoms with Crippen LogP contribution in [-0.4, -0.2) is 42.3 Å². The van der Waals surface area contributed by atoms with Crippen molar-refractivity contribution >= 4 is 11.6 Å². The summed E-state index contributed by atoms with van der Waals surface area (Å²) in [7, 11) is 3.01. The summed E-state index contributed by atoms with van der Waals surface area (Å²) < 4.78 is 37.5. The lowest BCUT2D eigenvalue weighted by molar-refractivity contribution is -0.144. The predicted molar refractivity (Wildman–Crippen MR) is 56.9 cm³/mol. The second kappa shape index (κ2) is 5.17. The number of nitrogens with zero attached hydrogens (tertiary/aromatic N) is 3. The first-order valence-corrected chi connectivity index (χ1v) is 4.84. The molecular formula is C9H13F3N4O. The fourth-order valence-electron chi connectivity index (χ4n) is 1.15. The Hall–Kier alpha value is -1.57. The van der Waals surface area contributed by atoms with E-state index in [-0.39, 0.29) is 24.8 Å². The van der Waals surface area contributed by atoms with E-state index in [1.807, 2.05) is 0 Å². The van der Waals surface area contributed by atoms with E-state index in [0.717, 1.165) is 0 Å². The average Bonchev–Trinajstić information content (AvgIpc) is 2.27. The second-order valence-corrected chi connectivity index (χ2v) is 3.33. The van der Waals surface area contributed by atoms with Crippen molar-refractivity contribution in [1.82, 2.24) is 9.97 Å². The standard InChI is InChI=1S/C9H13F3N4O/c1-13-6-5-7(16(2)3-4-17)15-8(14-6)9(10,11)12/h5,17H,3-4H2,1-2H3,(H,13,14,15).